The summed E-state index contributed by atoms with van der Waals surface area (Å²) in [6.45, 7) is 8.68. The lowest BCUT2D eigenvalue weighted by atomic mass is 9.87. The van der Waals surface area contributed by atoms with Crippen molar-refractivity contribution in [2.75, 3.05) is 13.2 Å². The van der Waals surface area contributed by atoms with E-state index in [0.717, 1.165) is 27.4 Å². The fourth-order valence-electron chi connectivity index (χ4n) is 2.72. The zero-order chi connectivity index (χ0) is 25.3. The van der Waals surface area contributed by atoms with Crippen LogP contribution in [0.2, 0.25) is 0 Å². The molecular formula is C24H29Br2N3O4S. The summed E-state index contributed by atoms with van der Waals surface area (Å²) in [6, 6.07) is 10.9. The summed E-state index contributed by atoms with van der Waals surface area (Å²) >= 11 is 12.0. The van der Waals surface area contributed by atoms with Crippen molar-refractivity contribution in [1.29, 1.82) is 0 Å². The number of hydrogen-bond donors (Lipinski definition) is 3. The van der Waals surface area contributed by atoms with Crippen molar-refractivity contribution in [2.45, 2.75) is 46.0 Å². The van der Waals surface area contributed by atoms with E-state index in [1.54, 1.807) is 18.2 Å². The summed E-state index contributed by atoms with van der Waals surface area (Å²) in [5, 5.41) is 2.47. The number of rotatable bonds is 8. The molecule has 0 unspecified atom stereocenters. The number of amides is 2. The second kappa shape index (κ2) is 13.1. The van der Waals surface area contributed by atoms with E-state index >= 15 is 0 Å². The molecule has 0 saturated carbocycles. The fourth-order valence-corrected chi connectivity index (χ4v) is 3.72. The molecule has 2 aromatic carbocycles. The molecule has 0 aliphatic carbocycles. The van der Waals surface area contributed by atoms with E-state index in [9.17, 15) is 9.59 Å². The number of thiocarbonyl (C=S) groups is 1. The Bertz CT molecular complexity index is 1040. The maximum absolute atomic E-state index is 12.7. The van der Waals surface area contributed by atoms with Gasteiger partial charge in [0.15, 0.2) is 11.7 Å². The quantitative estimate of drug-likeness (QED) is 0.210. The van der Waals surface area contributed by atoms with Crippen LogP contribution in [-0.2, 0) is 10.2 Å². The van der Waals surface area contributed by atoms with E-state index in [1.807, 2.05) is 18.2 Å². The van der Waals surface area contributed by atoms with Gasteiger partial charge in [-0.15, -0.1) is 0 Å². The van der Waals surface area contributed by atoms with Crippen molar-refractivity contribution in [3.05, 3.63) is 56.5 Å². The number of hydrogen-bond acceptors (Lipinski definition) is 5. The average molecular weight is 615 g/mol. The molecule has 0 aliphatic rings. The second-order valence-corrected chi connectivity index (χ2v) is 10.7. The largest absolute Gasteiger partial charge is 0.493 e. The molecule has 0 radical (unpaired) electrons. The minimum absolute atomic E-state index is 0.000695. The lowest BCUT2D eigenvalue weighted by Crippen LogP contribution is -2.49. The summed E-state index contributed by atoms with van der Waals surface area (Å²) < 4.78 is 12.8. The van der Waals surface area contributed by atoms with Gasteiger partial charge >= 0.3 is 0 Å². The molecule has 184 valence electrons. The highest BCUT2D eigenvalue weighted by Crippen LogP contribution is 2.31. The first-order valence-corrected chi connectivity index (χ1v) is 12.8. The van der Waals surface area contributed by atoms with Crippen molar-refractivity contribution < 1.29 is 19.1 Å². The zero-order valence-corrected chi connectivity index (χ0v) is 23.6. The number of halogens is 2. The summed E-state index contributed by atoms with van der Waals surface area (Å²) in [5.74, 6) is 0.0786. The molecule has 0 saturated heterocycles. The summed E-state index contributed by atoms with van der Waals surface area (Å²) in [4.78, 5) is 24.8. The van der Waals surface area contributed by atoms with Gasteiger partial charge in [-0.2, -0.15) is 0 Å². The number of carbonyl (C=O) groups excluding carboxylic acids is 2. The molecule has 10 heteroatoms. The highest BCUT2D eigenvalue weighted by atomic mass is 79.9. The normalized spacial score (nSPS) is 10.9. The Morgan fingerprint density at radius 1 is 1.00 bits per heavy atom. The van der Waals surface area contributed by atoms with Crippen molar-refractivity contribution in [3.8, 4) is 11.5 Å². The van der Waals surface area contributed by atoms with Gasteiger partial charge in [-0.1, -0.05) is 56.1 Å². The number of benzene rings is 2. The lowest BCUT2D eigenvalue weighted by Gasteiger charge is -2.20. The third-order valence-electron chi connectivity index (χ3n) is 4.64. The van der Waals surface area contributed by atoms with Crippen LogP contribution in [0.5, 0.6) is 11.5 Å². The van der Waals surface area contributed by atoms with Gasteiger partial charge in [0.1, 0.15) is 11.5 Å². The van der Waals surface area contributed by atoms with Gasteiger partial charge < -0.3 is 9.47 Å². The third-order valence-corrected chi connectivity index (χ3v) is 5.96. The van der Waals surface area contributed by atoms with Crippen LogP contribution in [0.15, 0.2) is 45.3 Å². The molecule has 2 rings (SSSR count). The standard InChI is InChI=1S/C24H29Br2N3O4S/c1-5-6-11-32-19-10-8-16(25)13-17(19)22(31)27-23(34)29-28-21(30)14-33-20-9-7-15(12-18(20)26)24(2,3)4/h7-10,12-13H,5-6,11,14H2,1-4H3,(H,28,30)(H2,27,29,31,34). The van der Waals surface area contributed by atoms with Crippen LogP contribution in [0.3, 0.4) is 0 Å². The Labute approximate surface area is 222 Å². The van der Waals surface area contributed by atoms with Crippen molar-refractivity contribution in [2.24, 2.45) is 0 Å². The predicted molar refractivity (Wildman–Crippen MR) is 144 cm³/mol. The molecule has 2 aromatic rings. The molecule has 0 heterocycles. The predicted octanol–water partition coefficient (Wildman–Crippen LogP) is 5.40. The highest BCUT2D eigenvalue weighted by Gasteiger charge is 2.17. The number of carbonyl (C=O) groups is 2. The fraction of sp³-hybridized carbons (Fsp3) is 0.375. The molecule has 0 aliphatic heterocycles. The Morgan fingerprint density at radius 3 is 2.35 bits per heavy atom. The van der Waals surface area contributed by atoms with Crippen molar-refractivity contribution in [3.63, 3.8) is 0 Å². The molecule has 0 spiro atoms. The van der Waals surface area contributed by atoms with Crippen LogP contribution in [0.1, 0.15) is 56.5 Å². The minimum atomic E-state index is -0.463. The zero-order valence-electron chi connectivity index (χ0n) is 19.6. The summed E-state index contributed by atoms with van der Waals surface area (Å²) in [6.07, 6.45) is 1.86. The monoisotopic (exact) mass is 613 g/mol. The van der Waals surface area contributed by atoms with Gasteiger partial charge in [0.2, 0.25) is 0 Å². The molecule has 3 N–H and O–H groups in total. The van der Waals surface area contributed by atoms with Gasteiger partial charge in [0.25, 0.3) is 11.8 Å². The van der Waals surface area contributed by atoms with E-state index in [4.69, 9.17) is 21.7 Å². The number of hydrazine groups is 1. The van der Waals surface area contributed by atoms with Crippen LogP contribution in [0.25, 0.3) is 0 Å². The molecule has 0 fully saturated rings. The topological polar surface area (TPSA) is 88.7 Å². The van der Waals surface area contributed by atoms with Gasteiger partial charge in [-0.25, -0.2) is 0 Å². The van der Waals surface area contributed by atoms with E-state index in [0.29, 0.717) is 23.7 Å². The third kappa shape index (κ3) is 8.88. The number of ether oxygens (including phenoxy) is 2. The molecule has 7 nitrogen and oxygen atoms in total. The van der Waals surface area contributed by atoms with Gasteiger partial charge in [0, 0.05) is 4.47 Å². The SMILES string of the molecule is CCCCOc1ccc(Br)cc1C(=O)NC(=S)NNC(=O)COc1ccc(C(C)(C)C)cc1Br. The molecule has 34 heavy (non-hydrogen) atoms. The highest BCUT2D eigenvalue weighted by molar-refractivity contribution is 9.10. The number of unbranched alkanes of at least 4 members (excludes halogenated alkanes) is 1. The van der Waals surface area contributed by atoms with Gasteiger partial charge in [-0.05, 0) is 75.9 Å². The lowest BCUT2D eigenvalue weighted by molar-refractivity contribution is -0.123. The molecular weight excluding hydrogens is 586 g/mol. The summed E-state index contributed by atoms with van der Waals surface area (Å²) in [7, 11) is 0. The first kappa shape index (κ1) is 28.1. The van der Waals surface area contributed by atoms with Crippen LogP contribution in [-0.4, -0.2) is 30.1 Å². The maximum atomic E-state index is 12.7. The van der Waals surface area contributed by atoms with Crippen molar-refractivity contribution >= 4 is 61.0 Å². The van der Waals surface area contributed by atoms with Crippen LogP contribution in [0.4, 0.5) is 0 Å². The summed E-state index contributed by atoms with van der Waals surface area (Å²) in [5.41, 5.74) is 6.38. The van der Waals surface area contributed by atoms with Crippen LogP contribution < -0.4 is 25.6 Å². The second-order valence-electron chi connectivity index (χ2n) is 8.48. The van der Waals surface area contributed by atoms with E-state index in [2.05, 4.69) is 75.7 Å². The smallest absolute Gasteiger partial charge is 0.276 e. The molecule has 0 aromatic heterocycles. The van der Waals surface area contributed by atoms with E-state index < -0.39 is 11.8 Å². The number of nitrogens with one attached hydrogen (secondary N) is 3. The maximum Gasteiger partial charge on any atom is 0.276 e. The first-order valence-electron chi connectivity index (χ1n) is 10.8. The first-order chi connectivity index (χ1) is 16.0. The van der Waals surface area contributed by atoms with Gasteiger partial charge in [-0.3, -0.25) is 25.8 Å². The Kier molecular flexibility index (Phi) is 10.8. The van der Waals surface area contributed by atoms with Crippen LogP contribution in [0, 0.1) is 0 Å². The van der Waals surface area contributed by atoms with Gasteiger partial charge in [0.05, 0.1) is 16.6 Å². The molecule has 0 bridgehead atoms. The average Bonchev–Trinajstić information content (AvgIpc) is 2.77. The molecule has 2 amide bonds. The Hall–Kier alpha value is -2.17. The Balaban J connectivity index is 1.86. The molecule has 0 atom stereocenters. The van der Waals surface area contributed by atoms with Crippen molar-refractivity contribution in [1.82, 2.24) is 16.2 Å². The van der Waals surface area contributed by atoms with Crippen LogP contribution >= 0.6 is 44.1 Å². The van der Waals surface area contributed by atoms with E-state index in [1.165, 1.54) is 0 Å². The Morgan fingerprint density at radius 2 is 1.71 bits per heavy atom. The minimum Gasteiger partial charge on any atom is -0.493 e. The van der Waals surface area contributed by atoms with E-state index in [-0.39, 0.29) is 17.1 Å².